The van der Waals surface area contributed by atoms with E-state index in [0.717, 1.165) is 48.6 Å². The Balaban J connectivity index is 1.54. The van der Waals surface area contributed by atoms with Gasteiger partial charge in [0.1, 0.15) is 5.82 Å². The molecule has 1 amide bonds. The van der Waals surface area contributed by atoms with E-state index in [1.807, 2.05) is 12.1 Å². The van der Waals surface area contributed by atoms with Gasteiger partial charge in [0.15, 0.2) is 5.82 Å². The topological polar surface area (TPSA) is 87.6 Å². The van der Waals surface area contributed by atoms with Crippen LogP contribution in [0, 0.1) is 0 Å². The van der Waals surface area contributed by atoms with Gasteiger partial charge in [-0.15, -0.1) is 10.2 Å². The van der Waals surface area contributed by atoms with Gasteiger partial charge in [-0.05, 0) is 12.0 Å². The third kappa shape index (κ3) is 2.46. The summed E-state index contributed by atoms with van der Waals surface area (Å²) in [5.74, 6) is 1.62. The van der Waals surface area contributed by atoms with Gasteiger partial charge in [-0.1, -0.05) is 25.1 Å². The predicted octanol–water partition coefficient (Wildman–Crippen LogP) is 1.35. The molecular weight excluding hydrogens is 304 g/mol. The molecule has 0 spiro atoms. The number of para-hydroxylation sites is 1. The molecule has 1 aromatic carbocycles. The fraction of sp³-hybridized carbons (Fsp3) is 0.353. The van der Waals surface area contributed by atoms with Crippen LogP contribution in [0.5, 0.6) is 0 Å². The van der Waals surface area contributed by atoms with Gasteiger partial charge < -0.3 is 20.2 Å². The highest BCUT2D eigenvalue weighted by molar-refractivity contribution is 6.07. The summed E-state index contributed by atoms with van der Waals surface area (Å²) >= 11 is 0. The highest BCUT2D eigenvalue weighted by atomic mass is 16.1. The smallest absolute Gasteiger partial charge is 0.253 e. The molecule has 0 fully saturated rings. The first-order valence-corrected chi connectivity index (χ1v) is 8.26. The lowest BCUT2D eigenvalue weighted by Gasteiger charge is -2.16. The van der Waals surface area contributed by atoms with Gasteiger partial charge in [0, 0.05) is 30.2 Å². The van der Waals surface area contributed by atoms with Crippen LogP contribution in [0.15, 0.2) is 24.4 Å². The number of H-pyrrole nitrogens is 1. The second-order valence-electron chi connectivity index (χ2n) is 5.94. The number of nitrogens with one attached hydrogen (secondary N) is 3. The molecule has 3 heterocycles. The molecule has 124 valence electrons. The van der Waals surface area contributed by atoms with Crippen molar-refractivity contribution in [2.75, 3.05) is 6.54 Å². The number of aryl methyl sites for hydroxylation is 1. The zero-order valence-corrected chi connectivity index (χ0v) is 13.6. The highest BCUT2D eigenvalue weighted by Crippen LogP contribution is 2.22. The average Bonchev–Trinajstić information content (AvgIpc) is 3.23. The fourth-order valence-electron chi connectivity index (χ4n) is 3.24. The van der Waals surface area contributed by atoms with Gasteiger partial charge in [-0.3, -0.25) is 4.79 Å². The number of carbonyl (C=O) groups is 1. The van der Waals surface area contributed by atoms with Crippen molar-refractivity contribution in [2.45, 2.75) is 33.0 Å². The second kappa shape index (κ2) is 6.09. The number of rotatable bonds is 4. The van der Waals surface area contributed by atoms with Crippen LogP contribution in [0.2, 0.25) is 0 Å². The zero-order chi connectivity index (χ0) is 16.5. The van der Waals surface area contributed by atoms with Crippen LogP contribution in [0.25, 0.3) is 10.9 Å². The number of aromatic amines is 1. The third-order valence-corrected chi connectivity index (χ3v) is 4.53. The molecular formula is C17H20N6O. The van der Waals surface area contributed by atoms with E-state index in [2.05, 4.69) is 43.4 Å². The Morgan fingerprint density at radius 2 is 2.29 bits per heavy atom. The van der Waals surface area contributed by atoms with E-state index in [0.29, 0.717) is 12.1 Å². The molecule has 24 heavy (non-hydrogen) atoms. The number of fused-ring (bicyclic) bond motifs is 2. The second-order valence-corrected chi connectivity index (χ2v) is 5.94. The number of nitrogens with zero attached hydrogens (tertiary/aromatic N) is 3. The minimum Gasteiger partial charge on any atom is -0.360 e. The molecule has 7 nitrogen and oxygen atoms in total. The Morgan fingerprint density at radius 1 is 1.38 bits per heavy atom. The van der Waals surface area contributed by atoms with Crippen molar-refractivity contribution >= 4 is 16.8 Å². The molecule has 3 N–H and O–H groups in total. The van der Waals surface area contributed by atoms with Crippen LogP contribution >= 0.6 is 0 Å². The van der Waals surface area contributed by atoms with Gasteiger partial charge >= 0.3 is 0 Å². The van der Waals surface area contributed by atoms with Crippen LogP contribution in [-0.4, -0.2) is 32.2 Å². The molecule has 3 aromatic rings. The molecule has 0 saturated carbocycles. The number of amides is 1. The quantitative estimate of drug-likeness (QED) is 0.676. The number of hydrogen-bond acceptors (Lipinski definition) is 4. The third-order valence-electron chi connectivity index (χ3n) is 4.53. The maximum atomic E-state index is 12.6. The van der Waals surface area contributed by atoms with Gasteiger partial charge in [0.25, 0.3) is 5.91 Å². The first kappa shape index (κ1) is 14.9. The van der Waals surface area contributed by atoms with E-state index >= 15 is 0 Å². The molecule has 7 heteroatoms. The van der Waals surface area contributed by atoms with E-state index in [1.165, 1.54) is 5.56 Å². The molecule has 0 bridgehead atoms. The maximum absolute atomic E-state index is 12.6. The minimum absolute atomic E-state index is 0.0965. The van der Waals surface area contributed by atoms with Crippen LogP contribution in [0.4, 0.5) is 0 Å². The van der Waals surface area contributed by atoms with Gasteiger partial charge in [-0.2, -0.15) is 0 Å². The predicted molar refractivity (Wildman–Crippen MR) is 90.6 cm³/mol. The fourth-order valence-corrected chi connectivity index (χ4v) is 3.24. The lowest BCUT2D eigenvalue weighted by molar-refractivity contribution is 0.0951. The van der Waals surface area contributed by atoms with Crippen molar-refractivity contribution < 1.29 is 4.79 Å². The maximum Gasteiger partial charge on any atom is 0.253 e. The Kier molecular flexibility index (Phi) is 3.78. The first-order valence-electron chi connectivity index (χ1n) is 8.26. The lowest BCUT2D eigenvalue weighted by atomic mass is 10.1. The van der Waals surface area contributed by atoms with Crippen LogP contribution in [0.3, 0.4) is 0 Å². The largest absolute Gasteiger partial charge is 0.360 e. The summed E-state index contributed by atoms with van der Waals surface area (Å²) in [5.41, 5.74) is 2.92. The van der Waals surface area contributed by atoms with E-state index in [-0.39, 0.29) is 5.91 Å². The number of benzene rings is 1. The summed E-state index contributed by atoms with van der Waals surface area (Å²) in [6, 6.07) is 6.05. The van der Waals surface area contributed by atoms with Crippen molar-refractivity contribution in [2.24, 2.45) is 0 Å². The van der Waals surface area contributed by atoms with Crippen molar-refractivity contribution in [3.05, 3.63) is 47.2 Å². The highest BCUT2D eigenvalue weighted by Gasteiger charge is 2.17. The van der Waals surface area contributed by atoms with Crippen LogP contribution in [0.1, 0.15) is 34.5 Å². The summed E-state index contributed by atoms with van der Waals surface area (Å²) < 4.78 is 2.07. The normalized spacial score (nSPS) is 13.9. The zero-order valence-electron chi connectivity index (χ0n) is 13.6. The van der Waals surface area contributed by atoms with Crippen molar-refractivity contribution in [3.63, 3.8) is 0 Å². The standard InChI is InChI=1S/C17H20N6O/c1-2-11-4-3-5-12-13(8-19-16(11)12)17(24)20-10-15-22-21-14-9-18-6-7-23(14)15/h3-5,8,18-19H,2,6-7,9-10H2,1H3,(H,20,24). The van der Waals surface area contributed by atoms with Crippen molar-refractivity contribution in [1.29, 1.82) is 0 Å². The van der Waals surface area contributed by atoms with E-state index in [1.54, 1.807) is 6.20 Å². The molecule has 0 aliphatic carbocycles. The molecule has 1 aliphatic rings. The Hall–Kier alpha value is -2.67. The van der Waals surface area contributed by atoms with Gasteiger partial charge in [-0.25, -0.2) is 0 Å². The minimum atomic E-state index is -0.0965. The molecule has 0 atom stereocenters. The van der Waals surface area contributed by atoms with Crippen molar-refractivity contribution in [3.8, 4) is 0 Å². The van der Waals surface area contributed by atoms with E-state index < -0.39 is 0 Å². The Bertz CT molecular complexity index is 894. The summed E-state index contributed by atoms with van der Waals surface area (Å²) in [7, 11) is 0. The number of carbonyl (C=O) groups excluding carboxylic acids is 1. The van der Waals surface area contributed by atoms with Gasteiger partial charge in [0.05, 0.1) is 18.7 Å². The molecule has 2 aromatic heterocycles. The Labute approximate surface area is 139 Å². The van der Waals surface area contributed by atoms with E-state index in [9.17, 15) is 4.79 Å². The number of hydrogen-bond donors (Lipinski definition) is 3. The molecule has 4 rings (SSSR count). The first-order chi connectivity index (χ1) is 11.8. The lowest BCUT2D eigenvalue weighted by Crippen LogP contribution is -2.31. The molecule has 0 radical (unpaired) electrons. The van der Waals surface area contributed by atoms with Crippen LogP contribution < -0.4 is 10.6 Å². The molecule has 0 saturated heterocycles. The summed E-state index contributed by atoms with van der Waals surface area (Å²) in [4.78, 5) is 15.8. The SMILES string of the molecule is CCc1cccc2c(C(=O)NCc3nnc4n3CCNC4)c[nH]c12. The summed E-state index contributed by atoms with van der Waals surface area (Å²) in [6.07, 6.45) is 2.71. The summed E-state index contributed by atoms with van der Waals surface area (Å²) in [5, 5.41) is 15.5. The summed E-state index contributed by atoms with van der Waals surface area (Å²) in [6.45, 7) is 4.95. The van der Waals surface area contributed by atoms with Gasteiger partial charge in [0.2, 0.25) is 0 Å². The van der Waals surface area contributed by atoms with Crippen molar-refractivity contribution in [1.82, 2.24) is 30.4 Å². The molecule has 1 aliphatic heterocycles. The molecule has 0 unspecified atom stereocenters. The number of aromatic nitrogens is 4. The average molecular weight is 324 g/mol. The van der Waals surface area contributed by atoms with Crippen LogP contribution in [-0.2, 0) is 26.1 Å². The monoisotopic (exact) mass is 324 g/mol. The Morgan fingerprint density at radius 3 is 3.17 bits per heavy atom. The van der Waals surface area contributed by atoms with E-state index in [4.69, 9.17) is 0 Å².